The molecule has 0 unspecified atom stereocenters. The molecule has 1 saturated carbocycles. The molecule has 1 fully saturated rings. The number of hydrogen-bond donors (Lipinski definition) is 5. The van der Waals surface area contributed by atoms with Crippen LogP contribution in [0.25, 0.3) is 22.5 Å². The van der Waals surface area contributed by atoms with Crippen molar-refractivity contribution < 1.29 is 42.2 Å². The van der Waals surface area contributed by atoms with E-state index in [-0.39, 0.29) is 29.7 Å². The van der Waals surface area contributed by atoms with Crippen LogP contribution in [0.3, 0.4) is 0 Å². The molecule has 53 heavy (non-hydrogen) atoms. The number of benzene rings is 3. The van der Waals surface area contributed by atoms with E-state index >= 15 is 0 Å². The molecule has 0 radical (unpaired) electrons. The van der Waals surface area contributed by atoms with E-state index in [1.165, 1.54) is 6.07 Å². The molecule has 280 valence electrons. The first-order valence-electron chi connectivity index (χ1n) is 17.0. The lowest BCUT2D eigenvalue weighted by Crippen LogP contribution is -2.48. The van der Waals surface area contributed by atoms with Crippen molar-refractivity contribution in [3.05, 3.63) is 83.4 Å². The molecule has 1 heterocycles. The Morgan fingerprint density at radius 2 is 1.55 bits per heavy atom. The average molecular weight is 736 g/mol. The summed E-state index contributed by atoms with van der Waals surface area (Å²) in [6.07, 6.45) is -2.77. The molecular weight excluding hydrogens is 695 g/mol. The number of rotatable bonds is 11. The van der Waals surface area contributed by atoms with Crippen molar-refractivity contribution in [2.24, 2.45) is 11.8 Å². The van der Waals surface area contributed by atoms with Gasteiger partial charge < -0.3 is 25.8 Å². The molecule has 1 aliphatic carbocycles. The normalized spacial score (nSPS) is 16.6. The monoisotopic (exact) mass is 735 g/mol. The fraction of sp³-hybridized carbons (Fsp3) is 0.378. The number of carbonyl (C=O) groups is 4. The number of aromatic nitrogens is 4. The summed E-state index contributed by atoms with van der Waals surface area (Å²) in [5.74, 6) is -2.26. The molecule has 1 atom stereocenters. The summed E-state index contributed by atoms with van der Waals surface area (Å²) in [5.41, 5.74) is -0.406. The maximum Gasteiger partial charge on any atom is 0.417 e. The van der Waals surface area contributed by atoms with E-state index in [0.717, 1.165) is 12.1 Å². The number of halogens is 3. The summed E-state index contributed by atoms with van der Waals surface area (Å²) < 4.78 is 46.2. The summed E-state index contributed by atoms with van der Waals surface area (Å²) in [4.78, 5) is 50.7. The van der Waals surface area contributed by atoms with Crippen molar-refractivity contribution in [1.29, 1.82) is 0 Å². The lowest BCUT2D eigenvalue weighted by Gasteiger charge is -2.29. The Labute approximate surface area is 303 Å². The zero-order valence-electron chi connectivity index (χ0n) is 29.3. The van der Waals surface area contributed by atoms with Gasteiger partial charge in [0.1, 0.15) is 11.6 Å². The van der Waals surface area contributed by atoms with Gasteiger partial charge in [-0.2, -0.15) is 18.4 Å². The Morgan fingerprint density at radius 3 is 2.13 bits per heavy atom. The van der Waals surface area contributed by atoms with Gasteiger partial charge in [-0.05, 0) is 111 Å². The molecule has 5 N–H and O–H groups in total. The van der Waals surface area contributed by atoms with Gasteiger partial charge in [0.2, 0.25) is 17.6 Å². The highest BCUT2D eigenvalue weighted by Crippen LogP contribution is 2.35. The minimum absolute atomic E-state index is 0.0691. The molecule has 13 nitrogen and oxygen atoms in total. The fourth-order valence-corrected chi connectivity index (χ4v) is 6.10. The molecule has 0 saturated heterocycles. The second-order valence-electron chi connectivity index (χ2n) is 13.9. The molecule has 3 aromatic carbocycles. The van der Waals surface area contributed by atoms with Crippen LogP contribution in [0, 0.1) is 11.8 Å². The average Bonchev–Trinajstić information content (AvgIpc) is 3.65. The van der Waals surface area contributed by atoms with Crippen LogP contribution in [0.15, 0.2) is 66.7 Å². The van der Waals surface area contributed by atoms with Gasteiger partial charge in [-0.1, -0.05) is 30.3 Å². The molecule has 5 rings (SSSR count). The van der Waals surface area contributed by atoms with Gasteiger partial charge in [0, 0.05) is 30.1 Å². The number of tetrazole rings is 1. The Hall–Kier alpha value is -5.80. The number of alkyl carbamates (subject to hydrolysis) is 1. The summed E-state index contributed by atoms with van der Waals surface area (Å²) in [6, 6.07) is 15.2. The highest BCUT2D eigenvalue weighted by Gasteiger charge is 2.36. The molecular formula is C37H40F3N7O6. The van der Waals surface area contributed by atoms with Crippen LogP contribution < -0.4 is 16.0 Å². The van der Waals surface area contributed by atoms with Crippen molar-refractivity contribution in [1.82, 2.24) is 31.3 Å². The zero-order valence-corrected chi connectivity index (χ0v) is 29.3. The van der Waals surface area contributed by atoms with E-state index in [0.29, 0.717) is 60.4 Å². The Kier molecular flexibility index (Phi) is 11.8. The standard InChI is InChI=1S/C37H40F3N7O6/c1-36(2,3)53-35(52)41-20-22-6-10-25(11-7-22)32(48)43-30(33(49)42-27-15-12-24(13-16-27)31-44-46-47-45-31)18-21-4-8-23(9-5-21)26-14-17-28(34(50)51)29(19-26)37(38,39)40/h4-5,8-9,12-17,19,22,25,30H,6-7,10-11,18,20H2,1-3H3,(H,41,52)(H,42,49)(H,43,48)(H,50,51)(H,44,45,46,47)/t22-,25-,30-/m0/s1. The second kappa shape index (κ2) is 16.3. The van der Waals surface area contributed by atoms with Crippen molar-refractivity contribution in [2.45, 2.75) is 70.7 Å². The molecule has 0 aliphatic heterocycles. The van der Waals surface area contributed by atoms with Crippen LogP contribution in [0.1, 0.15) is 67.9 Å². The number of H-pyrrole nitrogens is 1. The lowest BCUT2D eigenvalue weighted by atomic mass is 9.81. The number of amides is 3. The maximum absolute atomic E-state index is 13.7. The number of carbonyl (C=O) groups excluding carboxylic acids is 3. The third kappa shape index (κ3) is 10.6. The van der Waals surface area contributed by atoms with E-state index in [1.54, 1.807) is 69.3 Å². The van der Waals surface area contributed by atoms with Gasteiger partial charge in [0.25, 0.3) is 0 Å². The van der Waals surface area contributed by atoms with Crippen LogP contribution in [0.4, 0.5) is 23.7 Å². The minimum Gasteiger partial charge on any atom is -0.478 e. The lowest BCUT2D eigenvalue weighted by molar-refractivity contribution is -0.138. The zero-order chi connectivity index (χ0) is 38.3. The number of carboxylic acid groups (broad SMARTS) is 1. The third-order valence-electron chi connectivity index (χ3n) is 8.82. The van der Waals surface area contributed by atoms with E-state index in [1.807, 2.05) is 0 Å². The van der Waals surface area contributed by atoms with Crippen LogP contribution in [0.2, 0.25) is 0 Å². The van der Waals surface area contributed by atoms with Gasteiger partial charge in [-0.3, -0.25) is 9.59 Å². The van der Waals surface area contributed by atoms with Crippen LogP contribution in [-0.2, 0) is 26.9 Å². The minimum atomic E-state index is -4.87. The number of alkyl halides is 3. The number of nitrogens with zero attached hydrogens (tertiary/aromatic N) is 3. The predicted molar refractivity (Wildman–Crippen MR) is 187 cm³/mol. The molecule has 16 heteroatoms. The fourth-order valence-electron chi connectivity index (χ4n) is 6.10. The number of hydrogen-bond acceptors (Lipinski definition) is 8. The van der Waals surface area contributed by atoms with Gasteiger partial charge >= 0.3 is 18.2 Å². The van der Waals surface area contributed by atoms with Crippen LogP contribution >= 0.6 is 0 Å². The molecule has 1 aromatic heterocycles. The molecule has 0 bridgehead atoms. The number of ether oxygens (including phenoxy) is 1. The van der Waals surface area contributed by atoms with E-state index in [9.17, 15) is 37.5 Å². The number of aromatic carboxylic acids is 1. The highest BCUT2D eigenvalue weighted by molar-refractivity contribution is 5.98. The Balaban J connectivity index is 1.28. The maximum atomic E-state index is 13.7. The van der Waals surface area contributed by atoms with Crippen LogP contribution in [-0.4, -0.2) is 67.8 Å². The Morgan fingerprint density at radius 1 is 0.906 bits per heavy atom. The number of anilines is 1. The van der Waals surface area contributed by atoms with Gasteiger partial charge in [0.05, 0.1) is 11.1 Å². The predicted octanol–water partition coefficient (Wildman–Crippen LogP) is 6.25. The number of carboxylic acids is 1. The van der Waals surface area contributed by atoms with Crippen molar-refractivity contribution in [3.63, 3.8) is 0 Å². The van der Waals surface area contributed by atoms with E-state index in [2.05, 4.69) is 36.6 Å². The quantitative estimate of drug-likeness (QED) is 0.119. The van der Waals surface area contributed by atoms with E-state index < -0.39 is 46.9 Å². The van der Waals surface area contributed by atoms with Crippen molar-refractivity contribution in [2.75, 3.05) is 11.9 Å². The molecule has 4 aromatic rings. The first-order valence-corrected chi connectivity index (χ1v) is 17.0. The third-order valence-corrected chi connectivity index (χ3v) is 8.82. The SMILES string of the molecule is CC(C)(C)OC(=O)NC[C@H]1CC[C@H](C(=O)N[C@@H](Cc2ccc(-c3ccc(C(=O)O)c(C(F)(F)F)c3)cc2)C(=O)Nc2ccc(-c3nn[nH]n3)cc2)CC1. The first kappa shape index (κ1) is 38.4. The Bertz CT molecular complexity index is 1900. The summed E-state index contributed by atoms with van der Waals surface area (Å²) in [5, 5.41) is 31.6. The summed E-state index contributed by atoms with van der Waals surface area (Å²) >= 11 is 0. The molecule has 3 amide bonds. The number of nitrogens with one attached hydrogen (secondary N) is 4. The smallest absolute Gasteiger partial charge is 0.417 e. The second-order valence-corrected chi connectivity index (χ2v) is 13.9. The highest BCUT2D eigenvalue weighted by atomic mass is 19.4. The topological polar surface area (TPSA) is 188 Å². The van der Waals surface area contributed by atoms with Crippen molar-refractivity contribution >= 4 is 29.6 Å². The molecule has 0 spiro atoms. The number of aromatic amines is 1. The van der Waals surface area contributed by atoms with Gasteiger partial charge in [-0.25, -0.2) is 9.59 Å². The van der Waals surface area contributed by atoms with Gasteiger partial charge in [0.15, 0.2) is 0 Å². The summed E-state index contributed by atoms with van der Waals surface area (Å²) in [7, 11) is 0. The first-order chi connectivity index (χ1) is 25.1. The van der Waals surface area contributed by atoms with E-state index in [4.69, 9.17) is 4.74 Å². The van der Waals surface area contributed by atoms with Gasteiger partial charge in [-0.15, -0.1) is 10.2 Å². The molecule has 1 aliphatic rings. The van der Waals surface area contributed by atoms with Crippen LogP contribution in [0.5, 0.6) is 0 Å². The summed E-state index contributed by atoms with van der Waals surface area (Å²) in [6.45, 7) is 5.78. The largest absolute Gasteiger partial charge is 0.478 e. The van der Waals surface area contributed by atoms with Crippen molar-refractivity contribution in [3.8, 4) is 22.5 Å².